The van der Waals surface area contributed by atoms with Gasteiger partial charge in [-0.15, -0.1) is 13.2 Å². The van der Waals surface area contributed by atoms with E-state index < -0.39 is 6.36 Å². The van der Waals surface area contributed by atoms with E-state index in [0.717, 1.165) is 18.5 Å². The lowest BCUT2D eigenvalue weighted by atomic mass is 9.97. The quantitative estimate of drug-likeness (QED) is 0.867. The summed E-state index contributed by atoms with van der Waals surface area (Å²) in [5.41, 5.74) is 1.13. The first-order valence-corrected chi connectivity index (χ1v) is 7.01. The Labute approximate surface area is 125 Å². The Balaban J connectivity index is 1.87. The molecule has 0 saturated carbocycles. The monoisotopic (exact) mass is 312 g/mol. The van der Waals surface area contributed by atoms with Gasteiger partial charge in [-0.25, -0.2) is 4.68 Å². The largest absolute Gasteiger partial charge is 0.573 e. The van der Waals surface area contributed by atoms with Crippen molar-refractivity contribution in [3.63, 3.8) is 0 Å². The van der Waals surface area contributed by atoms with Crippen molar-refractivity contribution in [2.75, 3.05) is 13.2 Å². The molecule has 0 bridgehead atoms. The molecule has 4 nitrogen and oxygen atoms in total. The van der Waals surface area contributed by atoms with Crippen LogP contribution in [0, 0.1) is 0 Å². The molecule has 1 saturated heterocycles. The summed E-state index contributed by atoms with van der Waals surface area (Å²) in [7, 11) is 0. The van der Waals surface area contributed by atoms with E-state index >= 15 is 0 Å². The normalized spacial score (nSPS) is 16.7. The van der Waals surface area contributed by atoms with Crippen LogP contribution < -0.4 is 4.74 Å². The number of para-hydroxylation sites is 2. The van der Waals surface area contributed by atoms with Crippen LogP contribution in [0.1, 0.15) is 24.5 Å². The molecule has 2 heterocycles. The van der Waals surface area contributed by atoms with Crippen LogP contribution >= 0.6 is 0 Å². The van der Waals surface area contributed by atoms with Gasteiger partial charge in [-0.2, -0.15) is 5.10 Å². The second-order valence-electron chi connectivity index (χ2n) is 5.09. The first kappa shape index (κ1) is 14.9. The molecule has 1 aliphatic rings. The molecule has 2 aromatic rings. The minimum atomic E-state index is -4.73. The third kappa shape index (κ3) is 3.41. The van der Waals surface area contributed by atoms with Gasteiger partial charge in [-0.1, -0.05) is 12.1 Å². The molecule has 0 aliphatic carbocycles. The molecule has 3 rings (SSSR count). The van der Waals surface area contributed by atoms with Gasteiger partial charge < -0.3 is 9.47 Å². The third-order valence-electron chi connectivity index (χ3n) is 3.59. The highest BCUT2D eigenvalue weighted by Gasteiger charge is 2.32. The predicted octanol–water partition coefficient (Wildman–Crippen LogP) is 3.66. The van der Waals surface area contributed by atoms with E-state index in [1.54, 1.807) is 18.3 Å². The summed E-state index contributed by atoms with van der Waals surface area (Å²) < 4.78 is 48.2. The van der Waals surface area contributed by atoms with Gasteiger partial charge in [-0.05, 0) is 31.0 Å². The molecule has 0 radical (unpaired) electrons. The molecule has 7 heteroatoms. The van der Waals surface area contributed by atoms with E-state index in [1.807, 2.05) is 6.07 Å². The Hall–Kier alpha value is -2.02. The van der Waals surface area contributed by atoms with Gasteiger partial charge in [0.15, 0.2) is 5.75 Å². The smallest absolute Gasteiger partial charge is 0.403 e. The standard InChI is InChI=1S/C15H15F3N2O2/c16-15(17,18)22-14-4-2-1-3-13(14)20-8-5-12(19-20)11-6-9-21-10-7-11/h1-5,8,11H,6-7,9-10H2. The molecule has 1 aromatic carbocycles. The lowest BCUT2D eigenvalue weighted by Gasteiger charge is -2.20. The topological polar surface area (TPSA) is 36.3 Å². The molecule has 0 atom stereocenters. The molecule has 0 spiro atoms. The number of benzene rings is 1. The van der Waals surface area contributed by atoms with E-state index in [0.29, 0.717) is 13.2 Å². The van der Waals surface area contributed by atoms with Crippen LogP contribution in [0.3, 0.4) is 0 Å². The zero-order chi connectivity index (χ0) is 15.6. The lowest BCUT2D eigenvalue weighted by molar-refractivity contribution is -0.274. The fourth-order valence-corrected chi connectivity index (χ4v) is 2.54. The number of ether oxygens (including phenoxy) is 2. The number of hydrogen-bond acceptors (Lipinski definition) is 3. The van der Waals surface area contributed by atoms with Crippen LogP contribution in [-0.4, -0.2) is 29.4 Å². The molecule has 1 fully saturated rings. The average Bonchev–Trinajstić information content (AvgIpc) is 2.97. The number of hydrogen-bond donors (Lipinski definition) is 0. The van der Waals surface area contributed by atoms with Gasteiger partial charge in [-0.3, -0.25) is 0 Å². The van der Waals surface area contributed by atoms with Crippen LogP contribution in [0.25, 0.3) is 5.69 Å². The van der Waals surface area contributed by atoms with Gasteiger partial charge in [0.2, 0.25) is 0 Å². The highest BCUT2D eigenvalue weighted by molar-refractivity contribution is 5.46. The zero-order valence-electron chi connectivity index (χ0n) is 11.7. The fourth-order valence-electron chi connectivity index (χ4n) is 2.54. The van der Waals surface area contributed by atoms with Crippen LogP contribution in [0.2, 0.25) is 0 Å². The van der Waals surface area contributed by atoms with Crippen LogP contribution in [-0.2, 0) is 4.74 Å². The molecule has 1 aromatic heterocycles. The average molecular weight is 312 g/mol. The maximum atomic E-state index is 12.5. The summed E-state index contributed by atoms with van der Waals surface area (Å²) in [5, 5.41) is 4.41. The highest BCUT2D eigenvalue weighted by atomic mass is 19.4. The SMILES string of the molecule is FC(F)(F)Oc1ccccc1-n1ccc(C2CCOCC2)n1. The fraction of sp³-hybridized carbons (Fsp3) is 0.400. The summed E-state index contributed by atoms with van der Waals surface area (Å²) in [6.45, 7) is 1.37. The summed E-state index contributed by atoms with van der Waals surface area (Å²) in [5.74, 6) is 0.0160. The Morgan fingerprint density at radius 1 is 1.14 bits per heavy atom. The first-order chi connectivity index (χ1) is 10.5. The number of rotatable bonds is 3. The summed E-state index contributed by atoms with van der Waals surface area (Å²) in [6, 6.07) is 7.79. The first-order valence-electron chi connectivity index (χ1n) is 7.01. The van der Waals surface area contributed by atoms with Gasteiger partial charge in [0, 0.05) is 25.3 Å². The summed E-state index contributed by atoms with van der Waals surface area (Å²) >= 11 is 0. The van der Waals surface area contributed by atoms with Crippen LogP contribution in [0.4, 0.5) is 13.2 Å². The highest BCUT2D eigenvalue weighted by Crippen LogP contribution is 2.30. The molecule has 1 aliphatic heterocycles. The van der Waals surface area contributed by atoms with Gasteiger partial charge in [0.25, 0.3) is 0 Å². The molecule has 22 heavy (non-hydrogen) atoms. The molecular weight excluding hydrogens is 297 g/mol. The van der Waals surface area contributed by atoms with Gasteiger partial charge in [0.1, 0.15) is 5.69 Å². The third-order valence-corrected chi connectivity index (χ3v) is 3.59. The maximum Gasteiger partial charge on any atom is 0.573 e. The van der Waals surface area contributed by atoms with Crippen molar-refractivity contribution in [1.29, 1.82) is 0 Å². The molecular formula is C15H15F3N2O2. The Morgan fingerprint density at radius 3 is 2.59 bits per heavy atom. The van der Waals surface area contributed by atoms with Crippen molar-refractivity contribution in [3.8, 4) is 11.4 Å². The van der Waals surface area contributed by atoms with Crippen molar-refractivity contribution in [1.82, 2.24) is 9.78 Å². The van der Waals surface area contributed by atoms with Crippen molar-refractivity contribution in [2.24, 2.45) is 0 Å². The molecule has 0 unspecified atom stereocenters. The minimum absolute atomic E-state index is 0.262. The molecule has 118 valence electrons. The van der Waals surface area contributed by atoms with E-state index in [-0.39, 0.29) is 17.4 Å². The van der Waals surface area contributed by atoms with Crippen molar-refractivity contribution >= 4 is 0 Å². The van der Waals surface area contributed by atoms with Crippen molar-refractivity contribution in [3.05, 3.63) is 42.2 Å². The Kier molecular flexibility index (Phi) is 4.06. The second-order valence-corrected chi connectivity index (χ2v) is 5.09. The van der Waals surface area contributed by atoms with Crippen molar-refractivity contribution in [2.45, 2.75) is 25.1 Å². The minimum Gasteiger partial charge on any atom is -0.403 e. The molecule has 0 amide bonds. The Bertz CT molecular complexity index is 634. The lowest BCUT2D eigenvalue weighted by Crippen LogP contribution is -2.18. The van der Waals surface area contributed by atoms with E-state index in [9.17, 15) is 13.2 Å². The summed E-state index contributed by atoms with van der Waals surface area (Å²) in [6.07, 6.45) is -1.33. The second kappa shape index (κ2) is 6.00. The maximum absolute atomic E-state index is 12.5. The van der Waals surface area contributed by atoms with Gasteiger partial charge >= 0.3 is 6.36 Å². The number of halogens is 3. The van der Waals surface area contributed by atoms with Crippen LogP contribution in [0.15, 0.2) is 36.5 Å². The van der Waals surface area contributed by atoms with E-state index in [2.05, 4.69) is 9.84 Å². The Morgan fingerprint density at radius 2 is 1.86 bits per heavy atom. The zero-order valence-corrected chi connectivity index (χ0v) is 11.7. The molecule has 0 N–H and O–H groups in total. The van der Waals surface area contributed by atoms with E-state index in [1.165, 1.54) is 16.8 Å². The predicted molar refractivity (Wildman–Crippen MR) is 73.0 cm³/mol. The number of alkyl halides is 3. The van der Waals surface area contributed by atoms with Gasteiger partial charge in [0.05, 0.1) is 5.69 Å². The van der Waals surface area contributed by atoms with Crippen molar-refractivity contribution < 1.29 is 22.6 Å². The number of aromatic nitrogens is 2. The van der Waals surface area contributed by atoms with E-state index in [4.69, 9.17) is 4.74 Å². The summed E-state index contributed by atoms with van der Waals surface area (Å²) in [4.78, 5) is 0. The van der Waals surface area contributed by atoms with Crippen LogP contribution in [0.5, 0.6) is 5.75 Å². The number of nitrogens with zero attached hydrogens (tertiary/aromatic N) is 2.